The summed E-state index contributed by atoms with van der Waals surface area (Å²) >= 11 is 0. The van der Waals surface area contributed by atoms with Crippen molar-refractivity contribution < 1.29 is 14.3 Å². The number of allylic oxidation sites excluding steroid dienone is 1. The van der Waals surface area contributed by atoms with Crippen LogP contribution in [0.15, 0.2) is 11.3 Å². The molecule has 2 rings (SSSR count). The molecule has 1 N–H and O–H groups in total. The Labute approximate surface area is 115 Å². The highest BCUT2D eigenvalue weighted by atomic mass is 16.5. The van der Waals surface area contributed by atoms with Gasteiger partial charge in [0.15, 0.2) is 0 Å². The van der Waals surface area contributed by atoms with Gasteiger partial charge in [-0.2, -0.15) is 0 Å². The number of hydrogen-bond acceptors (Lipinski definition) is 4. The lowest BCUT2D eigenvalue weighted by Crippen LogP contribution is -2.35. The van der Waals surface area contributed by atoms with Crippen molar-refractivity contribution in [1.29, 1.82) is 0 Å². The van der Waals surface area contributed by atoms with Crippen LogP contribution in [-0.2, 0) is 14.3 Å². The fourth-order valence-electron chi connectivity index (χ4n) is 2.81. The molecule has 0 saturated carbocycles. The number of carbonyl (C=O) groups is 1. The Bertz CT molecular complexity index is 332. The quantitative estimate of drug-likeness (QED) is 0.778. The Balaban J connectivity index is 1.95. The second-order valence-electron chi connectivity index (χ2n) is 5.30. The van der Waals surface area contributed by atoms with Crippen LogP contribution in [0.4, 0.5) is 0 Å². The van der Waals surface area contributed by atoms with Gasteiger partial charge in [-0.15, -0.1) is 0 Å². The zero-order valence-electron chi connectivity index (χ0n) is 11.9. The van der Waals surface area contributed by atoms with Crippen molar-refractivity contribution in [3.8, 4) is 0 Å². The third kappa shape index (κ3) is 4.53. The van der Waals surface area contributed by atoms with E-state index in [1.54, 1.807) is 0 Å². The minimum atomic E-state index is -0.0920. The van der Waals surface area contributed by atoms with Gasteiger partial charge < -0.3 is 14.8 Å². The minimum absolute atomic E-state index is 0.0920. The maximum atomic E-state index is 11.6. The molecule has 1 heterocycles. The van der Waals surface area contributed by atoms with Crippen LogP contribution in [-0.4, -0.2) is 31.8 Å². The molecule has 1 aliphatic carbocycles. The van der Waals surface area contributed by atoms with E-state index in [-0.39, 0.29) is 5.97 Å². The van der Waals surface area contributed by atoms with E-state index in [2.05, 4.69) is 5.32 Å². The van der Waals surface area contributed by atoms with Crippen molar-refractivity contribution >= 4 is 5.97 Å². The summed E-state index contributed by atoms with van der Waals surface area (Å²) in [5.41, 5.74) is 2.56. The topological polar surface area (TPSA) is 47.6 Å². The van der Waals surface area contributed by atoms with E-state index in [4.69, 9.17) is 9.47 Å². The highest BCUT2D eigenvalue weighted by Crippen LogP contribution is 2.27. The molecule has 0 unspecified atom stereocenters. The fraction of sp³-hybridized carbons (Fsp3) is 0.800. The smallest absolute Gasteiger partial charge is 0.309 e. The summed E-state index contributed by atoms with van der Waals surface area (Å²) in [7, 11) is 0. The standard InChI is InChI=1S/C15H25NO3/c1-2-19-15(17)11-12-5-3-4-6-14(12)16-13-7-9-18-10-8-13/h13,16H,2-11H2,1H3. The Morgan fingerprint density at radius 3 is 2.79 bits per heavy atom. The molecule has 19 heavy (non-hydrogen) atoms. The first-order valence-electron chi connectivity index (χ1n) is 7.50. The summed E-state index contributed by atoms with van der Waals surface area (Å²) in [6.45, 7) is 4.01. The van der Waals surface area contributed by atoms with Gasteiger partial charge in [0.1, 0.15) is 0 Å². The average Bonchev–Trinajstić information content (AvgIpc) is 2.42. The highest BCUT2D eigenvalue weighted by Gasteiger charge is 2.20. The second kappa shape index (κ2) is 7.53. The van der Waals surface area contributed by atoms with Crippen LogP contribution in [0.25, 0.3) is 0 Å². The molecule has 4 nitrogen and oxygen atoms in total. The Morgan fingerprint density at radius 1 is 1.32 bits per heavy atom. The molecule has 0 aromatic carbocycles. The molecule has 0 amide bonds. The van der Waals surface area contributed by atoms with Crippen LogP contribution in [0.5, 0.6) is 0 Å². The first-order chi connectivity index (χ1) is 9.29. The molecular weight excluding hydrogens is 242 g/mol. The summed E-state index contributed by atoms with van der Waals surface area (Å²) in [5.74, 6) is -0.0920. The van der Waals surface area contributed by atoms with Crippen molar-refractivity contribution in [1.82, 2.24) is 5.32 Å². The number of esters is 1. The van der Waals surface area contributed by atoms with Crippen LogP contribution < -0.4 is 5.32 Å². The molecule has 0 aromatic rings. The van der Waals surface area contributed by atoms with Gasteiger partial charge in [0.25, 0.3) is 0 Å². The van der Waals surface area contributed by atoms with E-state index in [0.717, 1.165) is 38.9 Å². The summed E-state index contributed by atoms with van der Waals surface area (Å²) in [5, 5.41) is 3.65. The van der Waals surface area contributed by atoms with Crippen molar-refractivity contribution in [2.24, 2.45) is 0 Å². The molecule has 2 aliphatic rings. The minimum Gasteiger partial charge on any atom is -0.466 e. The molecule has 0 aromatic heterocycles. The van der Waals surface area contributed by atoms with Crippen molar-refractivity contribution in [3.63, 3.8) is 0 Å². The Morgan fingerprint density at radius 2 is 2.05 bits per heavy atom. The van der Waals surface area contributed by atoms with Gasteiger partial charge in [0.2, 0.25) is 0 Å². The Hall–Kier alpha value is -1.03. The number of nitrogens with one attached hydrogen (secondary N) is 1. The van der Waals surface area contributed by atoms with E-state index < -0.39 is 0 Å². The monoisotopic (exact) mass is 267 g/mol. The maximum Gasteiger partial charge on any atom is 0.309 e. The predicted octanol–water partition coefficient (Wildman–Crippen LogP) is 2.54. The van der Waals surface area contributed by atoms with Gasteiger partial charge in [-0.25, -0.2) is 0 Å². The summed E-state index contributed by atoms with van der Waals surface area (Å²) in [6, 6.07) is 0.513. The van der Waals surface area contributed by atoms with E-state index >= 15 is 0 Å². The fourth-order valence-corrected chi connectivity index (χ4v) is 2.81. The molecular formula is C15H25NO3. The third-order valence-electron chi connectivity index (χ3n) is 3.84. The molecule has 0 bridgehead atoms. The van der Waals surface area contributed by atoms with Gasteiger partial charge in [-0.3, -0.25) is 4.79 Å². The zero-order valence-corrected chi connectivity index (χ0v) is 11.9. The van der Waals surface area contributed by atoms with Crippen LogP contribution in [0.1, 0.15) is 51.9 Å². The first kappa shape index (κ1) is 14.4. The van der Waals surface area contributed by atoms with Gasteiger partial charge in [0, 0.05) is 25.0 Å². The third-order valence-corrected chi connectivity index (χ3v) is 3.84. The SMILES string of the molecule is CCOC(=O)CC1=C(NC2CCOCC2)CCCC1. The van der Waals surface area contributed by atoms with Crippen molar-refractivity contribution in [2.45, 2.75) is 57.9 Å². The lowest BCUT2D eigenvalue weighted by atomic mass is 9.93. The van der Waals surface area contributed by atoms with Crippen molar-refractivity contribution in [3.05, 3.63) is 11.3 Å². The summed E-state index contributed by atoms with van der Waals surface area (Å²) in [6.07, 6.45) is 7.10. The van der Waals surface area contributed by atoms with Gasteiger partial charge in [-0.1, -0.05) is 0 Å². The van der Waals surface area contributed by atoms with Gasteiger partial charge in [-0.05, 0) is 51.0 Å². The van der Waals surface area contributed by atoms with Gasteiger partial charge >= 0.3 is 5.97 Å². The molecule has 1 aliphatic heterocycles. The number of carbonyl (C=O) groups excluding carboxylic acids is 1. The number of ether oxygens (including phenoxy) is 2. The second-order valence-corrected chi connectivity index (χ2v) is 5.30. The maximum absolute atomic E-state index is 11.6. The van der Waals surface area contributed by atoms with E-state index in [9.17, 15) is 4.79 Å². The number of hydrogen-bond donors (Lipinski definition) is 1. The lowest BCUT2D eigenvalue weighted by molar-refractivity contribution is -0.142. The highest BCUT2D eigenvalue weighted by molar-refractivity contribution is 5.72. The number of rotatable bonds is 5. The largest absolute Gasteiger partial charge is 0.466 e. The molecule has 1 fully saturated rings. The molecule has 0 spiro atoms. The van der Waals surface area contributed by atoms with E-state index in [0.29, 0.717) is 19.1 Å². The molecule has 0 atom stereocenters. The van der Waals surface area contributed by atoms with Crippen LogP contribution in [0.3, 0.4) is 0 Å². The molecule has 108 valence electrons. The molecule has 4 heteroatoms. The average molecular weight is 267 g/mol. The van der Waals surface area contributed by atoms with E-state index in [1.807, 2.05) is 6.92 Å². The van der Waals surface area contributed by atoms with Crippen LogP contribution in [0, 0.1) is 0 Å². The normalized spacial score (nSPS) is 21.3. The predicted molar refractivity (Wildman–Crippen MR) is 73.7 cm³/mol. The van der Waals surface area contributed by atoms with Crippen LogP contribution >= 0.6 is 0 Å². The Kier molecular flexibility index (Phi) is 5.70. The zero-order chi connectivity index (χ0) is 13.5. The molecule has 1 saturated heterocycles. The van der Waals surface area contributed by atoms with Gasteiger partial charge in [0.05, 0.1) is 13.0 Å². The molecule has 0 radical (unpaired) electrons. The summed E-state index contributed by atoms with van der Waals surface area (Å²) < 4.78 is 10.4. The van der Waals surface area contributed by atoms with Crippen LogP contribution in [0.2, 0.25) is 0 Å². The van der Waals surface area contributed by atoms with E-state index in [1.165, 1.54) is 24.1 Å². The summed E-state index contributed by atoms with van der Waals surface area (Å²) in [4.78, 5) is 11.6. The van der Waals surface area contributed by atoms with Crippen molar-refractivity contribution in [2.75, 3.05) is 19.8 Å². The lowest BCUT2D eigenvalue weighted by Gasteiger charge is -2.29. The first-order valence-corrected chi connectivity index (χ1v) is 7.50.